The predicted molar refractivity (Wildman–Crippen MR) is 84.9 cm³/mol. The summed E-state index contributed by atoms with van der Waals surface area (Å²) in [6.45, 7) is 0. The molecule has 0 N–H and O–H groups in total. The molecule has 0 radical (unpaired) electrons. The average molecular weight is 314 g/mol. The van der Waals surface area contributed by atoms with E-state index in [4.69, 9.17) is 18.9 Å². The van der Waals surface area contributed by atoms with Crippen molar-refractivity contribution < 1.29 is 23.7 Å². The van der Waals surface area contributed by atoms with Crippen molar-refractivity contribution in [1.29, 1.82) is 0 Å². The van der Waals surface area contributed by atoms with Crippen molar-refractivity contribution in [3.63, 3.8) is 0 Å². The minimum Gasteiger partial charge on any atom is -0.497 e. The van der Waals surface area contributed by atoms with Gasteiger partial charge in [0.2, 0.25) is 0 Å². The van der Waals surface area contributed by atoms with E-state index in [1.165, 1.54) is 14.2 Å². The van der Waals surface area contributed by atoms with Crippen LogP contribution in [0, 0.1) is 0 Å². The van der Waals surface area contributed by atoms with Crippen molar-refractivity contribution >= 4 is 5.78 Å². The second-order valence-corrected chi connectivity index (χ2v) is 5.18. The van der Waals surface area contributed by atoms with Gasteiger partial charge in [0.25, 0.3) is 0 Å². The smallest absolute Gasteiger partial charge is 0.175 e. The highest BCUT2D eigenvalue weighted by Crippen LogP contribution is 2.44. The van der Waals surface area contributed by atoms with Gasteiger partial charge in [0, 0.05) is 0 Å². The number of methoxy groups -OCH3 is 3. The van der Waals surface area contributed by atoms with Crippen LogP contribution in [0.5, 0.6) is 23.0 Å². The van der Waals surface area contributed by atoms with E-state index in [-0.39, 0.29) is 18.3 Å². The molecule has 5 nitrogen and oxygen atoms in total. The Morgan fingerprint density at radius 2 is 1.87 bits per heavy atom. The Morgan fingerprint density at radius 3 is 2.57 bits per heavy atom. The third kappa shape index (κ3) is 2.70. The summed E-state index contributed by atoms with van der Waals surface area (Å²) in [6, 6.07) is 11.0. The van der Waals surface area contributed by atoms with Crippen molar-refractivity contribution in [3.05, 3.63) is 47.5 Å². The first-order chi connectivity index (χ1) is 11.2. The second kappa shape index (κ2) is 6.20. The molecule has 0 unspecified atom stereocenters. The Morgan fingerprint density at radius 1 is 1.04 bits per heavy atom. The lowest BCUT2D eigenvalue weighted by molar-refractivity contribution is 0.0843. The lowest BCUT2D eigenvalue weighted by Crippen LogP contribution is -2.21. The van der Waals surface area contributed by atoms with Crippen LogP contribution in [0.25, 0.3) is 0 Å². The molecule has 23 heavy (non-hydrogen) atoms. The molecule has 1 heterocycles. The summed E-state index contributed by atoms with van der Waals surface area (Å²) in [5.74, 6) is 2.14. The summed E-state index contributed by atoms with van der Waals surface area (Å²) in [7, 11) is 4.66. The first-order valence-corrected chi connectivity index (χ1v) is 7.26. The van der Waals surface area contributed by atoms with Crippen LogP contribution in [0.1, 0.15) is 28.4 Å². The molecule has 2 aromatic carbocycles. The van der Waals surface area contributed by atoms with Crippen LogP contribution in [0.2, 0.25) is 0 Å². The molecule has 0 bridgehead atoms. The van der Waals surface area contributed by atoms with Crippen molar-refractivity contribution in [3.8, 4) is 23.0 Å². The number of carbonyl (C=O) groups is 1. The molecular weight excluding hydrogens is 296 g/mol. The van der Waals surface area contributed by atoms with Crippen LogP contribution in [-0.2, 0) is 0 Å². The minimum atomic E-state index is -0.344. The van der Waals surface area contributed by atoms with Crippen molar-refractivity contribution in [2.24, 2.45) is 0 Å². The lowest BCUT2D eigenvalue weighted by atomic mass is 9.95. The third-order valence-corrected chi connectivity index (χ3v) is 3.89. The molecule has 0 aromatic heterocycles. The van der Waals surface area contributed by atoms with E-state index in [1.807, 2.05) is 24.3 Å². The minimum absolute atomic E-state index is 0.0326. The summed E-state index contributed by atoms with van der Waals surface area (Å²) in [4.78, 5) is 12.6. The van der Waals surface area contributed by atoms with Crippen LogP contribution < -0.4 is 18.9 Å². The van der Waals surface area contributed by atoms with Crippen LogP contribution in [0.15, 0.2) is 36.4 Å². The van der Waals surface area contributed by atoms with Gasteiger partial charge in [-0.15, -0.1) is 0 Å². The quantitative estimate of drug-likeness (QED) is 0.865. The molecule has 0 fully saturated rings. The van der Waals surface area contributed by atoms with Crippen LogP contribution in [0.3, 0.4) is 0 Å². The summed E-state index contributed by atoms with van der Waals surface area (Å²) in [6.07, 6.45) is -0.104. The molecule has 5 heteroatoms. The SMILES string of the molecule is COc1cccc([C@@H]2CC(=O)c3c(ccc(OC)c3OC)O2)c1. The molecule has 0 amide bonds. The highest BCUT2D eigenvalue weighted by Gasteiger charge is 2.32. The van der Waals surface area contributed by atoms with E-state index < -0.39 is 0 Å². The normalized spacial score (nSPS) is 16.3. The van der Waals surface area contributed by atoms with Gasteiger partial charge in [0.15, 0.2) is 17.3 Å². The number of rotatable bonds is 4. The number of Topliss-reactive ketones (excluding diaryl/α,β-unsaturated/α-hetero) is 1. The van der Waals surface area contributed by atoms with Gasteiger partial charge in [-0.1, -0.05) is 12.1 Å². The molecule has 1 aliphatic rings. The Labute approximate surface area is 134 Å². The van der Waals surface area contributed by atoms with Gasteiger partial charge in [-0.2, -0.15) is 0 Å². The van der Waals surface area contributed by atoms with Gasteiger partial charge in [-0.05, 0) is 29.8 Å². The molecule has 3 rings (SSSR count). The molecule has 120 valence electrons. The van der Waals surface area contributed by atoms with E-state index in [9.17, 15) is 4.79 Å². The maximum Gasteiger partial charge on any atom is 0.175 e. The van der Waals surface area contributed by atoms with Crippen LogP contribution in [-0.4, -0.2) is 27.1 Å². The molecular formula is C18H18O5. The number of fused-ring (bicyclic) bond motifs is 1. The molecule has 2 aromatic rings. The number of hydrogen-bond acceptors (Lipinski definition) is 5. The number of ether oxygens (including phenoxy) is 4. The molecule has 0 aliphatic carbocycles. The van der Waals surface area contributed by atoms with Gasteiger partial charge < -0.3 is 18.9 Å². The first kappa shape index (κ1) is 15.2. The Hall–Kier alpha value is -2.69. The summed E-state index contributed by atoms with van der Waals surface area (Å²) >= 11 is 0. The fraction of sp³-hybridized carbons (Fsp3) is 0.278. The number of hydrogen-bond donors (Lipinski definition) is 0. The monoisotopic (exact) mass is 314 g/mol. The van der Waals surface area contributed by atoms with Gasteiger partial charge in [-0.25, -0.2) is 0 Å². The summed E-state index contributed by atoms with van der Waals surface area (Å²) in [5, 5.41) is 0. The zero-order valence-electron chi connectivity index (χ0n) is 13.3. The molecule has 0 saturated heterocycles. The van der Waals surface area contributed by atoms with Crippen molar-refractivity contribution in [2.45, 2.75) is 12.5 Å². The zero-order chi connectivity index (χ0) is 16.4. The fourth-order valence-corrected chi connectivity index (χ4v) is 2.76. The number of benzene rings is 2. The summed E-state index contributed by atoms with van der Waals surface area (Å²) in [5.41, 5.74) is 1.34. The lowest BCUT2D eigenvalue weighted by Gasteiger charge is -2.27. The van der Waals surface area contributed by atoms with Gasteiger partial charge in [0.1, 0.15) is 23.2 Å². The Kier molecular flexibility index (Phi) is 4.10. The molecule has 0 saturated carbocycles. The summed E-state index contributed by atoms with van der Waals surface area (Å²) < 4.78 is 21.8. The molecule has 0 spiro atoms. The van der Waals surface area contributed by atoms with E-state index in [2.05, 4.69) is 0 Å². The maximum atomic E-state index is 12.6. The standard InChI is InChI=1S/C18H18O5/c1-20-12-6-4-5-11(9-12)16-10-13(19)17-14(23-16)7-8-15(21-2)18(17)22-3/h4-9,16H,10H2,1-3H3/t16-/m0/s1. The Bertz CT molecular complexity index is 738. The van der Waals surface area contributed by atoms with Gasteiger partial charge in [0.05, 0.1) is 27.8 Å². The largest absolute Gasteiger partial charge is 0.497 e. The average Bonchev–Trinajstić information content (AvgIpc) is 2.60. The second-order valence-electron chi connectivity index (χ2n) is 5.18. The highest BCUT2D eigenvalue weighted by molar-refractivity contribution is 6.03. The van der Waals surface area contributed by atoms with Gasteiger partial charge >= 0.3 is 0 Å². The van der Waals surface area contributed by atoms with E-state index >= 15 is 0 Å². The first-order valence-electron chi connectivity index (χ1n) is 7.26. The number of carbonyl (C=O) groups excluding carboxylic acids is 1. The predicted octanol–water partition coefficient (Wildman–Crippen LogP) is 3.42. The molecule has 1 aliphatic heterocycles. The fourth-order valence-electron chi connectivity index (χ4n) is 2.76. The third-order valence-electron chi connectivity index (χ3n) is 3.89. The number of ketones is 1. The topological polar surface area (TPSA) is 54.0 Å². The van der Waals surface area contributed by atoms with Crippen LogP contribution >= 0.6 is 0 Å². The zero-order valence-corrected chi connectivity index (χ0v) is 13.3. The van der Waals surface area contributed by atoms with E-state index in [1.54, 1.807) is 19.2 Å². The molecule has 1 atom stereocenters. The van der Waals surface area contributed by atoms with E-state index in [0.29, 0.717) is 22.8 Å². The van der Waals surface area contributed by atoms with Gasteiger partial charge in [-0.3, -0.25) is 4.79 Å². The van der Waals surface area contributed by atoms with Crippen molar-refractivity contribution in [2.75, 3.05) is 21.3 Å². The maximum absolute atomic E-state index is 12.6. The van der Waals surface area contributed by atoms with Crippen molar-refractivity contribution in [1.82, 2.24) is 0 Å². The van der Waals surface area contributed by atoms with Crippen LogP contribution in [0.4, 0.5) is 0 Å². The Balaban J connectivity index is 1.99. The highest BCUT2D eigenvalue weighted by atomic mass is 16.5. The van der Waals surface area contributed by atoms with E-state index in [0.717, 1.165) is 11.3 Å².